The van der Waals surface area contributed by atoms with E-state index in [0.29, 0.717) is 18.5 Å². The molecule has 8 nitrogen and oxygen atoms in total. The molecule has 0 saturated carbocycles. The van der Waals surface area contributed by atoms with Crippen LogP contribution in [0.25, 0.3) is 11.3 Å². The van der Waals surface area contributed by atoms with Crippen molar-refractivity contribution in [3.8, 4) is 28.6 Å². The predicted octanol–water partition coefficient (Wildman–Crippen LogP) is 4.82. The van der Waals surface area contributed by atoms with Crippen molar-refractivity contribution < 1.29 is 14.2 Å². The average molecular weight is 522 g/mol. The number of benzene rings is 1. The van der Waals surface area contributed by atoms with E-state index in [0.717, 1.165) is 81.2 Å². The van der Waals surface area contributed by atoms with E-state index >= 15 is 0 Å². The number of nitrogens with zero attached hydrogens (tertiary/aromatic N) is 4. The largest absolute Gasteiger partial charge is 0.493 e. The summed E-state index contributed by atoms with van der Waals surface area (Å²) in [6.45, 7) is 14.6. The Bertz CT molecular complexity index is 1160. The van der Waals surface area contributed by atoms with E-state index in [4.69, 9.17) is 14.2 Å². The van der Waals surface area contributed by atoms with E-state index in [2.05, 4.69) is 46.0 Å². The van der Waals surface area contributed by atoms with Gasteiger partial charge < -0.3 is 24.4 Å². The Hall–Kier alpha value is -2.72. The first-order chi connectivity index (χ1) is 17.9. The van der Waals surface area contributed by atoms with Gasteiger partial charge in [0.05, 0.1) is 12.3 Å². The predicted molar refractivity (Wildman–Crippen MR) is 148 cm³/mol. The lowest BCUT2D eigenvalue weighted by Crippen LogP contribution is -2.44. The summed E-state index contributed by atoms with van der Waals surface area (Å²) in [7, 11) is -1.11. The molecule has 5 rings (SSSR count). The maximum atomic E-state index is 6.06. The molecule has 0 bridgehead atoms. The number of hydrogen-bond donors (Lipinski definition) is 1. The van der Waals surface area contributed by atoms with Crippen molar-refractivity contribution in [1.29, 1.82) is 0 Å². The molecule has 0 radical (unpaired) electrons. The fraction of sp³-hybridized carbons (Fsp3) is 0.500. The van der Waals surface area contributed by atoms with Crippen LogP contribution in [0.3, 0.4) is 0 Å². The second-order valence-corrected chi connectivity index (χ2v) is 16.8. The van der Waals surface area contributed by atoms with Crippen molar-refractivity contribution in [2.24, 2.45) is 0 Å². The van der Waals surface area contributed by atoms with Crippen LogP contribution in [0.5, 0.6) is 17.4 Å². The van der Waals surface area contributed by atoms with Crippen LogP contribution in [-0.2, 0) is 11.5 Å². The van der Waals surface area contributed by atoms with Gasteiger partial charge in [0, 0.05) is 82.4 Å². The molecule has 198 valence electrons. The number of fused-ring (bicyclic) bond motifs is 1. The molecule has 0 amide bonds. The van der Waals surface area contributed by atoms with Gasteiger partial charge in [0.2, 0.25) is 5.88 Å². The highest BCUT2D eigenvalue weighted by Gasteiger charge is 2.25. The van der Waals surface area contributed by atoms with Gasteiger partial charge in [-0.1, -0.05) is 25.7 Å². The molecule has 37 heavy (non-hydrogen) atoms. The number of ether oxygens (including phenoxy) is 3. The standard InChI is InChI=1S/C28H39N5O3Si/c1-37(2,3)17-16-34-21-33-26(8-10-31-33)22-4-7-28(30-19-22)36-24-5-6-25-23(20-35-27(25)18-24)9-13-32-14-11-29-12-15-32/h4-8,10,18-19,23,29H,9,11-17,20-21H2,1-3H3. The Balaban J connectivity index is 1.16. The normalized spacial score (nSPS) is 18.0. The molecule has 2 aliphatic rings. The van der Waals surface area contributed by atoms with Crippen molar-refractivity contribution >= 4 is 8.07 Å². The van der Waals surface area contributed by atoms with Gasteiger partial charge in [-0.15, -0.1) is 0 Å². The van der Waals surface area contributed by atoms with Crippen LogP contribution in [0, 0.1) is 0 Å². The lowest BCUT2D eigenvalue weighted by atomic mass is 9.97. The smallest absolute Gasteiger partial charge is 0.219 e. The Morgan fingerprint density at radius 2 is 1.97 bits per heavy atom. The first-order valence-electron chi connectivity index (χ1n) is 13.4. The minimum atomic E-state index is -1.11. The molecule has 1 saturated heterocycles. The van der Waals surface area contributed by atoms with Crippen LogP contribution < -0.4 is 14.8 Å². The number of hydrogen-bond acceptors (Lipinski definition) is 7. The molecular formula is C28H39N5O3Si. The van der Waals surface area contributed by atoms with Crippen LogP contribution in [0.4, 0.5) is 0 Å². The van der Waals surface area contributed by atoms with Gasteiger partial charge in [0.1, 0.15) is 18.2 Å². The summed E-state index contributed by atoms with van der Waals surface area (Å²) < 4.78 is 19.8. The van der Waals surface area contributed by atoms with Crippen LogP contribution in [0.15, 0.2) is 48.8 Å². The van der Waals surface area contributed by atoms with Gasteiger partial charge in [-0.3, -0.25) is 0 Å². The fourth-order valence-corrected chi connectivity index (χ4v) is 5.51. The van der Waals surface area contributed by atoms with Crippen molar-refractivity contribution in [1.82, 2.24) is 25.0 Å². The molecule has 2 aromatic heterocycles. The summed E-state index contributed by atoms with van der Waals surface area (Å²) in [5.74, 6) is 2.66. The van der Waals surface area contributed by atoms with Gasteiger partial charge in [0.25, 0.3) is 0 Å². The van der Waals surface area contributed by atoms with Crippen LogP contribution >= 0.6 is 0 Å². The van der Waals surface area contributed by atoms with Crippen LogP contribution in [-0.4, -0.2) is 73.7 Å². The Morgan fingerprint density at radius 1 is 1.11 bits per heavy atom. The molecule has 4 heterocycles. The second-order valence-electron chi connectivity index (χ2n) is 11.1. The lowest BCUT2D eigenvalue weighted by Gasteiger charge is -2.27. The quantitative estimate of drug-likeness (QED) is 0.286. The molecule has 1 unspecified atom stereocenters. The van der Waals surface area contributed by atoms with Gasteiger partial charge in [0.15, 0.2) is 0 Å². The van der Waals surface area contributed by atoms with E-state index in [1.807, 2.05) is 41.2 Å². The third-order valence-corrected chi connectivity index (χ3v) is 8.75. The molecule has 2 aliphatic heterocycles. The number of aromatic nitrogens is 3. The van der Waals surface area contributed by atoms with Gasteiger partial charge >= 0.3 is 0 Å². The van der Waals surface area contributed by atoms with Crippen molar-refractivity contribution in [3.63, 3.8) is 0 Å². The molecule has 1 N–H and O–H groups in total. The number of piperazine rings is 1. The zero-order valence-corrected chi connectivity index (χ0v) is 23.3. The summed E-state index contributed by atoms with van der Waals surface area (Å²) in [4.78, 5) is 7.08. The Morgan fingerprint density at radius 3 is 2.76 bits per heavy atom. The highest BCUT2D eigenvalue weighted by Crippen LogP contribution is 2.39. The SMILES string of the molecule is C[Si](C)(C)CCOCn1nccc1-c1ccc(Oc2ccc3c(c2)OCC3CCN2CCNCC2)nc1. The van der Waals surface area contributed by atoms with E-state index < -0.39 is 8.07 Å². The number of pyridine rings is 1. The molecule has 9 heteroatoms. The lowest BCUT2D eigenvalue weighted by molar-refractivity contribution is 0.0798. The summed E-state index contributed by atoms with van der Waals surface area (Å²) in [5, 5.41) is 7.84. The molecule has 1 atom stereocenters. The molecule has 0 spiro atoms. The summed E-state index contributed by atoms with van der Waals surface area (Å²) in [5.41, 5.74) is 3.24. The molecule has 1 fully saturated rings. The summed E-state index contributed by atoms with van der Waals surface area (Å²) in [6, 6.07) is 13.2. The highest BCUT2D eigenvalue weighted by atomic mass is 28.3. The van der Waals surface area contributed by atoms with Crippen molar-refractivity contribution in [2.45, 2.75) is 44.8 Å². The van der Waals surface area contributed by atoms with E-state index in [1.54, 1.807) is 6.20 Å². The minimum absolute atomic E-state index is 0.441. The number of nitrogens with one attached hydrogen (secondary N) is 1. The van der Waals surface area contributed by atoms with Gasteiger partial charge in [-0.05, 0) is 37.2 Å². The van der Waals surface area contributed by atoms with Crippen molar-refractivity contribution in [2.75, 3.05) is 45.9 Å². The third kappa shape index (κ3) is 6.98. The minimum Gasteiger partial charge on any atom is -0.493 e. The monoisotopic (exact) mass is 521 g/mol. The summed E-state index contributed by atoms with van der Waals surface area (Å²) >= 11 is 0. The first-order valence-corrected chi connectivity index (χ1v) is 17.1. The topological polar surface area (TPSA) is 73.7 Å². The molecular weight excluding hydrogens is 482 g/mol. The summed E-state index contributed by atoms with van der Waals surface area (Å²) in [6.07, 6.45) is 4.74. The molecule has 0 aliphatic carbocycles. The van der Waals surface area contributed by atoms with Gasteiger partial charge in [-0.25, -0.2) is 9.67 Å². The average Bonchev–Trinajstić information content (AvgIpc) is 3.53. The maximum Gasteiger partial charge on any atom is 0.219 e. The Kier molecular flexibility index (Phi) is 8.24. The van der Waals surface area contributed by atoms with Crippen LogP contribution in [0.2, 0.25) is 25.7 Å². The van der Waals surface area contributed by atoms with E-state index in [9.17, 15) is 0 Å². The molecule has 3 aromatic rings. The fourth-order valence-electron chi connectivity index (χ4n) is 4.76. The maximum absolute atomic E-state index is 6.06. The van der Waals surface area contributed by atoms with Crippen molar-refractivity contribution in [3.05, 3.63) is 54.4 Å². The van der Waals surface area contributed by atoms with E-state index in [-0.39, 0.29) is 0 Å². The zero-order chi connectivity index (χ0) is 25.7. The van der Waals surface area contributed by atoms with E-state index in [1.165, 1.54) is 5.56 Å². The highest BCUT2D eigenvalue weighted by molar-refractivity contribution is 6.76. The first kappa shape index (κ1) is 25.9. The van der Waals surface area contributed by atoms with Crippen LogP contribution in [0.1, 0.15) is 17.9 Å². The Labute approximate surface area is 221 Å². The van der Waals surface area contributed by atoms with Gasteiger partial charge in [-0.2, -0.15) is 5.10 Å². The second kappa shape index (κ2) is 11.8. The third-order valence-electron chi connectivity index (χ3n) is 7.05. The molecule has 1 aromatic carbocycles. The zero-order valence-electron chi connectivity index (χ0n) is 22.3. The number of rotatable bonds is 11.